The molecule has 106 valence electrons. The van der Waals surface area contributed by atoms with Gasteiger partial charge in [-0.3, -0.25) is 10.1 Å². The molecule has 0 saturated heterocycles. The van der Waals surface area contributed by atoms with E-state index >= 15 is 0 Å². The number of methoxy groups -OCH3 is 1. The Labute approximate surface area is 122 Å². The van der Waals surface area contributed by atoms with E-state index in [1.807, 2.05) is 0 Å². The van der Waals surface area contributed by atoms with Crippen LogP contribution in [0, 0.1) is 10.1 Å². The highest BCUT2D eigenvalue weighted by Gasteiger charge is 2.11. The molecule has 0 saturated carbocycles. The first-order valence-corrected chi connectivity index (χ1v) is 6.39. The topological polar surface area (TPSA) is 87.6 Å². The fourth-order valence-electron chi connectivity index (χ4n) is 1.50. The fourth-order valence-corrected chi connectivity index (χ4v) is 1.86. The lowest BCUT2D eigenvalue weighted by molar-refractivity contribution is -0.385. The number of nitro benzene ring substituents is 1. The van der Waals surface area contributed by atoms with Gasteiger partial charge in [0.25, 0.3) is 5.69 Å². The van der Waals surface area contributed by atoms with Crippen LogP contribution in [0.2, 0.25) is 0 Å². The summed E-state index contributed by atoms with van der Waals surface area (Å²) < 4.78 is 16.0. The number of ether oxygens (including phenoxy) is 2. The Balaban J connectivity index is 2.05. The second kappa shape index (κ2) is 6.49. The van der Waals surface area contributed by atoms with Crippen molar-refractivity contribution in [3.05, 3.63) is 50.3 Å². The van der Waals surface area contributed by atoms with Crippen molar-refractivity contribution in [2.45, 2.75) is 13.2 Å². The average Bonchev–Trinajstić information content (AvgIpc) is 2.86. The van der Waals surface area contributed by atoms with Gasteiger partial charge < -0.3 is 14.0 Å². The van der Waals surface area contributed by atoms with E-state index in [0.29, 0.717) is 28.3 Å². The molecule has 0 N–H and O–H groups in total. The molecule has 0 atom stereocenters. The molecule has 0 amide bonds. The number of hydrogen-bond donors (Lipinski definition) is 0. The second-order valence-corrected chi connectivity index (χ2v) is 4.73. The van der Waals surface area contributed by atoms with Crippen LogP contribution >= 0.6 is 15.9 Å². The minimum atomic E-state index is -0.480. The Morgan fingerprint density at radius 1 is 1.40 bits per heavy atom. The van der Waals surface area contributed by atoms with Crippen LogP contribution in [0.1, 0.15) is 11.5 Å². The van der Waals surface area contributed by atoms with Crippen molar-refractivity contribution >= 4 is 21.6 Å². The van der Waals surface area contributed by atoms with Crippen LogP contribution in [-0.4, -0.2) is 17.2 Å². The summed E-state index contributed by atoms with van der Waals surface area (Å²) >= 11 is 3.27. The Morgan fingerprint density at radius 3 is 2.90 bits per heavy atom. The highest BCUT2D eigenvalue weighted by molar-refractivity contribution is 9.10. The first-order valence-electron chi connectivity index (χ1n) is 5.60. The third-order valence-corrected chi connectivity index (χ3v) is 3.05. The summed E-state index contributed by atoms with van der Waals surface area (Å²) in [4.78, 5) is 10.2. The summed E-state index contributed by atoms with van der Waals surface area (Å²) in [6.45, 7) is 0.473. The lowest BCUT2D eigenvalue weighted by atomic mass is 10.3. The van der Waals surface area contributed by atoms with Gasteiger partial charge in [-0.05, 0) is 22.0 Å². The van der Waals surface area contributed by atoms with E-state index in [9.17, 15) is 10.1 Å². The van der Waals surface area contributed by atoms with E-state index in [-0.39, 0.29) is 12.3 Å². The predicted molar refractivity (Wildman–Crippen MR) is 72.3 cm³/mol. The Morgan fingerprint density at radius 2 is 2.20 bits per heavy atom. The summed E-state index contributed by atoms with van der Waals surface area (Å²) in [5, 5.41) is 14.5. The van der Waals surface area contributed by atoms with Gasteiger partial charge in [-0.2, -0.15) is 0 Å². The third-order valence-electron chi connectivity index (χ3n) is 2.40. The van der Waals surface area contributed by atoms with Gasteiger partial charge in [0.1, 0.15) is 24.7 Å². The number of hydrogen-bond acceptors (Lipinski definition) is 6. The molecular weight excluding hydrogens is 332 g/mol. The number of non-ortho nitro benzene ring substituents is 1. The minimum Gasteiger partial charge on any atom is -0.486 e. The highest BCUT2D eigenvalue weighted by Crippen LogP contribution is 2.29. The maximum absolute atomic E-state index is 10.7. The third kappa shape index (κ3) is 3.55. The number of halogens is 1. The maximum Gasteiger partial charge on any atom is 0.273 e. The quantitative estimate of drug-likeness (QED) is 0.592. The molecule has 0 fully saturated rings. The van der Waals surface area contributed by atoms with Crippen molar-refractivity contribution < 1.29 is 18.9 Å². The smallest absolute Gasteiger partial charge is 0.273 e. The average molecular weight is 343 g/mol. The molecule has 0 aliphatic heterocycles. The van der Waals surface area contributed by atoms with Crippen molar-refractivity contribution in [3.63, 3.8) is 0 Å². The molecule has 1 aromatic carbocycles. The second-order valence-electron chi connectivity index (χ2n) is 3.88. The first kappa shape index (κ1) is 14.5. The van der Waals surface area contributed by atoms with Crippen LogP contribution in [0.4, 0.5) is 5.69 Å². The maximum atomic E-state index is 10.7. The van der Waals surface area contributed by atoms with Gasteiger partial charge in [-0.25, -0.2) is 0 Å². The summed E-state index contributed by atoms with van der Waals surface area (Å²) in [6.07, 6.45) is 0. The molecule has 8 heteroatoms. The molecule has 20 heavy (non-hydrogen) atoms. The zero-order valence-electron chi connectivity index (χ0n) is 10.5. The molecule has 1 aromatic heterocycles. The van der Waals surface area contributed by atoms with Crippen LogP contribution in [0.5, 0.6) is 5.75 Å². The lowest BCUT2D eigenvalue weighted by Gasteiger charge is -2.05. The van der Waals surface area contributed by atoms with Gasteiger partial charge in [0.05, 0.1) is 15.5 Å². The molecule has 1 heterocycles. The molecule has 2 aromatic rings. The van der Waals surface area contributed by atoms with Gasteiger partial charge in [-0.1, -0.05) is 5.16 Å². The molecule has 7 nitrogen and oxygen atoms in total. The van der Waals surface area contributed by atoms with E-state index in [1.165, 1.54) is 12.1 Å². The van der Waals surface area contributed by atoms with Gasteiger partial charge in [0, 0.05) is 19.2 Å². The first-order chi connectivity index (χ1) is 9.60. The number of aromatic nitrogens is 1. The summed E-state index contributed by atoms with van der Waals surface area (Å²) in [6, 6.07) is 6.01. The fraction of sp³-hybridized carbons (Fsp3) is 0.250. The van der Waals surface area contributed by atoms with E-state index in [4.69, 9.17) is 14.0 Å². The number of nitro groups is 1. The SMILES string of the molecule is COCc1cc(COc2cc([N+](=O)[O-])ccc2Br)no1. The van der Waals surface area contributed by atoms with Crippen LogP contribution in [0.25, 0.3) is 0 Å². The van der Waals surface area contributed by atoms with Crippen LogP contribution in [0.3, 0.4) is 0 Å². The van der Waals surface area contributed by atoms with Crippen LogP contribution in [-0.2, 0) is 18.0 Å². The number of benzene rings is 1. The normalized spacial score (nSPS) is 10.5. The molecular formula is C12H11BrN2O5. The van der Waals surface area contributed by atoms with Crippen molar-refractivity contribution in [1.82, 2.24) is 5.16 Å². The molecule has 0 radical (unpaired) electrons. The molecule has 0 spiro atoms. The van der Waals surface area contributed by atoms with Gasteiger partial charge >= 0.3 is 0 Å². The van der Waals surface area contributed by atoms with E-state index in [0.717, 1.165) is 0 Å². The summed E-state index contributed by atoms with van der Waals surface area (Å²) in [5.74, 6) is 0.958. The van der Waals surface area contributed by atoms with Gasteiger partial charge in [0.15, 0.2) is 5.76 Å². The predicted octanol–water partition coefficient (Wildman–Crippen LogP) is 3.07. The Bertz CT molecular complexity index is 614. The van der Waals surface area contributed by atoms with Crippen molar-refractivity contribution in [2.75, 3.05) is 7.11 Å². The van der Waals surface area contributed by atoms with E-state index < -0.39 is 4.92 Å². The largest absolute Gasteiger partial charge is 0.486 e. The Kier molecular flexibility index (Phi) is 4.70. The molecule has 0 aliphatic carbocycles. The summed E-state index contributed by atoms with van der Waals surface area (Å²) in [5.41, 5.74) is 0.541. The number of rotatable bonds is 6. The zero-order valence-corrected chi connectivity index (χ0v) is 12.1. The molecule has 2 rings (SSSR count). The van der Waals surface area contributed by atoms with Gasteiger partial charge in [-0.15, -0.1) is 0 Å². The lowest BCUT2D eigenvalue weighted by Crippen LogP contribution is -1.97. The molecule has 0 unspecified atom stereocenters. The van der Waals surface area contributed by atoms with Crippen LogP contribution in [0.15, 0.2) is 33.3 Å². The van der Waals surface area contributed by atoms with Crippen molar-refractivity contribution in [1.29, 1.82) is 0 Å². The zero-order chi connectivity index (χ0) is 14.5. The summed E-state index contributed by atoms with van der Waals surface area (Å²) in [7, 11) is 1.55. The van der Waals surface area contributed by atoms with Crippen LogP contribution < -0.4 is 4.74 Å². The van der Waals surface area contributed by atoms with Gasteiger partial charge in [0.2, 0.25) is 0 Å². The standard InChI is InChI=1S/C12H11BrN2O5/c1-18-7-10-4-8(14-20-10)6-19-12-5-9(15(16)17)2-3-11(12)13/h2-5H,6-7H2,1H3. The van der Waals surface area contributed by atoms with Crippen molar-refractivity contribution in [2.24, 2.45) is 0 Å². The molecule has 0 bridgehead atoms. The van der Waals surface area contributed by atoms with E-state index in [2.05, 4.69) is 21.1 Å². The number of nitrogens with zero attached hydrogens (tertiary/aromatic N) is 2. The van der Waals surface area contributed by atoms with Crippen molar-refractivity contribution in [3.8, 4) is 5.75 Å². The minimum absolute atomic E-state index is 0.0385. The molecule has 0 aliphatic rings. The Hall–Kier alpha value is -1.93. The highest BCUT2D eigenvalue weighted by atomic mass is 79.9. The monoisotopic (exact) mass is 342 g/mol. The van der Waals surface area contributed by atoms with E-state index in [1.54, 1.807) is 19.2 Å².